The third-order valence-electron chi connectivity index (χ3n) is 4.13. The third-order valence-corrected chi connectivity index (χ3v) is 4.13. The first kappa shape index (κ1) is 16.0. The molecule has 1 aromatic heterocycles. The van der Waals surface area contributed by atoms with Crippen molar-refractivity contribution in [2.75, 3.05) is 0 Å². The molecule has 0 fully saturated rings. The molecule has 0 saturated carbocycles. The minimum absolute atomic E-state index is 0.547. The summed E-state index contributed by atoms with van der Waals surface area (Å²) in [5, 5.41) is 0. The van der Waals surface area contributed by atoms with Gasteiger partial charge in [0.25, 0.3) is 0 Å². The van der Waals surface area contributed by atoms with Crippen LogP contribution in [0.5, 0.6) is 11.6 Å². The monoisotopic (exact) mass is 338 g/mol. The lowest BCUT2D eigenvalue weighted by molar-refractivity contribution is 0.453. The van der Waals surface area contributed by atoms with Crippen molar-refractivity contribution >= 4 is 0 Å². The normalized spacial score (nSPS) is 10.5. The Bertz CT molecular complexity index is 968. The molecule has 4 rings (SSSR count). The zero-order valence-corrected chi connectivity index (χ0v) is 14.2. The third kappa shape index (κ3) is 3.78. The molecule has 1 heterocycles. The lowest BCUT2D eigenvalue weighted by Crippen LogP contribution is -1.99. The van der Waals surface area contributed by atoms with Gasteiger partial charge >= 0.3 is 0 Å². The molecular weight excluding hydrogens is 320 g/mol. The topological polar surface area (TPSA) is 35.0 Å². The van der Waals surface area contributed by atoms with Crippen molar-refractivity contribution in [2.24, 2.45) is 0 Å². The molecule has 0 radical (unpaired) electrons. The van der Waals surface area contributed by atoms with E-state index in [0.717, 1.165) is 11.4 Å². The highest BCUT2D eigenvalue weighted by atomic mass is 16.5. The largest absolute Gasteiger partial charge is 0.437 e. The van der Waals surface area contributed by atoms with Gasteiger partial charge in [-0.2, -0.15) is 0 Å². The van der Waals surface area contributed by atoms with Gasteiger partial charge in [-0.1, -0.05) is 72.8 Å². The molecule has 0 bridgehead atoms. The smallest absolute Gasteiger partial charge is 0.241 e. The van der Waals surface area contributed by atoms with Crippen molar-refractivity contribution in [1.29, 1.82) is 0 Å². The van der Waals surface area contributed by atoms with Gasteiger partial charge in [-0.15, -0.1) is 0 Å². The highest BCUT2D eigenvalue weighted by Crippen LogP contribution is 2.24. The van der Waals surface area contributed by atoms with E-state index in [1.54, 1.807) is 12.4 Å². The molecule has 0 aliphatic rings. The molecule has 0 unspecified atom stereocenters. The van der Waals surface area contributed by atoms with Crippen molar-refractivity contribution in [3.8, 4) is 22.8 Å². The summed E-state index contributed by atoms with van der Waals surface area (Å²) in [4.78, 5) is 8.81. The first-order chi connectivity index (χ1) is 12.9. The lowest BCUT2D eigenvalue weighted by atomic mass is 10.0. The van der Waals surface area contributed by atoms with Crippen molar-refractivity contribution < 1.29 is 4.74 Å². The van der Waals surface area contributed by atoms with Gasteiger partial charge < -0.3 is 4.74 Å². The summed E-state index contributed by atoms with van der Waals surface area (Å²) in [7, 11) is 0. The van der Waals surface area contributed by atoms with E-state index in [1.165, 1.54) is 16.7 Å². The minimum atomic E-state index is 0.547. The Labute approximate surface area is 153 Å². The molecule has 26 heavy (non-hydrogen) atoms. The molecule has 0 N–H and O–H groups in total. The van der Waals surface area contributed by atoms with Gasteiger partial charge in [-0.25, -0.2) is 4.98 Å². The van der Waals surface area contributed by atoms with E-state index < -0.39 is 0 Å². The van der Waals surface area contributed by atoms with Gasteiger partial charge in [-0.3, -0.25) is 4.98 Å². The Morgan fingerprint density at radius 1 is 0.615 bits per heavy atom. The summed E-state index contributed by atoms with van der Waals surface area (Å²) in [5.74, 6) is 1.31. The molecule has 3 aromatic carbocycles. The maximum absolute atomic E-state index is 5.90. The van der Waals surface area contributed by atoms with Gasteiger partial charge in [0.1, 0.15) is 11.4 Å². The van der Waals surface area contributed by atoms with Crippen LogP contribution >= 0.6 is 0 Å². The number of aromatic nitrogens is 2. The van der Waals surface area contributed by atoms with E-state index in [9.17, 15) is 0 Å². The van der Waals surface area contributed by atoms with E-state index in [0.29, 0.717) is 12.3 Å². The quantitative estimate of drug-likeness (QED) is 0.480. The second-order valence-electron chi connectivity index (χ2n) is 5.96. The average Bonchev–Trinajstić information content (AvgIpc) is 2.72. The number of ether oxygens (including phenoxy) is 1. The second-order valence-corrected chi connectivity index (χ2v) is 5.96. The molecule has 0 amide bonds. The Morgan fingerprint density at radius 2 is 1.23 bits per heavy atom. The highest BCUT2D eigenvalue weighted by Gasteiger charge is 2.09. The van der Waals surface area contributed by atoms with Crippen LogP contribution in [0, 0.1) is 0 Å². The first-order valence-corrected chi connectivity index (χ1v) is 8.56. The van der Waals surface area contributed by atoms with Crippen LogP contribution in [0.1, 0.15) is 11.3 Å². The SMILES string of the molecule is c1ccc(Oc2nccnc2Cc2ccc(-c3ccccc3)cc2)cc1. The molecule has 3 heteroatoms. The summed E-state index contributed by atoms with van der Waals surface area (Å²) in [6, 6.07) is 28.5. The van der Waals surface area contributed by atoms with Gasteiger partial charge in [0.15, 0.2) is 0 Å². The molecule has 0 aliphatic carbocycles. The molecule has 4 aromatic rings. The lowest BCUT2D eigenvalue weighted by Gasteiger charge is -2.09. The fourth-order valence-electron chi connectivity index (χ4n) is 2.80. The van der Waals surface area contributed by atoms with Crippen LogP contribution in [-0.2, 0) is 6.42 Å². The van der Waals surface area contributed by atoms with Gasteiger partial charge in [0, 0.05) is 18.8 Å². The van der Waals surface area contributed by atoms with Crippen LogP contribution in [-0.4, -0.2) is 9.97 Å². The number of rotatable bonds is 5. The van der Waals surface area contributed by atoms with Gasteiger partial charge in [0.2, 0.25) is 5.88 Å². The maximum atomic E-state index is 5.90. The van der Waals surface area contributed by atoms with Crippen molar-refractivity contribution in [3.63, 3.8) is 0 Å². The number of nitrogens with zero attached hydrogens (tertiary/aromatic N) is 2. The van der Waals surface area contributed by atoms with Gasteiger partial charge in [-0.05, 0) is 28.8 Å². The molecule has 0 saturated heterocycles. The first-order valence-electron chi connectivity index (χ1n) is 8.56. The molecule has 126 valence electrons. The van der Waals surface area contributed by atoms with Crippen LogP contribution in [0.15, 0.2) is 97.3 Å². The number of hydrogen-bond donors (Lipinski definition) is 0. The van der Waals surface area contributed by atoms with E-state index in [2.05, 4.69) is 58.5 Å². The molecule has 0 spiro atoms. The van der Waals surface area contributed by atoms with Crippen molar-refractivity contribution in [3.05, 3.63) is 109 Å². The predicted octanol–water partition coefficient (Wildman–Crippen LogP) is 5.53. The second kappa shape index (κ2) is 7.62. The highest BCUT2D eigenvalue weighted by molar-refractivity contribution is 5.63. The van der Waals surface area contributed by atoms with E-state index >= 15 is 0 Å². The summed E-state index contributed by atoms with van der Waals surface area (Å²) >= 11 is 0. The summed E-state index contributed by atoms with van der Waals surface area (Å²) < 4.78 is 5.90. The Hall–Kier alpha value is -3.46. The average molecular weight is 338 g/mol. The molecular formula is C23H18N2O. The fourth-order valence-corrected chi connectivity index (χ4v) is 2.80. The predicted molar refractivity (Wildman–Crippen MR) is 103 cm³/mol. The van der Waals surface area contributed by atoms with Gasteiger partial charge in [0.05, 0.1) is 0 Å². The Kier molecular flexibility index (Phi) is 4.70. The number of para-hydroxylation sites is 1. The van der Waals surface area contributed by atoms with Crippen LogP contribution < -0.4 is 4.74 Å². The summed E-state index contributed by atoms with van der Waals surface area (Å²) in [6.45, 7) is 0. The zero-order valence-electron chi connectivity index (χ0n) is 14.2. The minimum Gasteiger partial charge on any atom is -0.437 e. The van der Waals surface area contributed by atoms with E-state index in [4.69, 9.17) is 4.74 Å². The zero-order chi connectivity index (χ0) is 17.6. The Balaban J connectivity index is 1.54. The van der Waals surface area contributed by atoms with Crippen molar-refractivity contribution in [2.45, 2.75) is 6.42 Å². The summed E-state index contributed by atoms with van der Waals surface area (Å²) in [5.41, 5.74) is 4.41. The van der Waals surface area contributed by atoms with Crippen LogP contribution in [0.3, 0.4) is 0 Å². The van der Waals surface area contributed by atoms with Crippen molar-refractivity contribution in [1.82, 2.24) is 9.97 Å². The Morgan fingerprint density at radius 3 is 1.96 bits per heavy atom. The van der Waals surface area contributed by atoms with Crippen LogP contribution in [0.2, 0.25) is 0 Å². The fraction of sp³-hybridized carbons (Fsp3) is 0.0435. The molecule has 0 aliphatic heterocycles. The number of benzene rings is 3. The standard InChI is InChI=1S/C23H18N2O/c1-3-7-19(8-4-1)20-13-11-18(12-14-20)17-22-23(25-16-15-24-22)26-21-9-5-2-6-10-21/h1-16H,17H2. The molecule has 3 nitrogen and oxygen atoms in total. The summed E-state index contributed by atoms with van der Waals surface area (Å²) in [6.07, 6.45) is 4.02. The van der Waals surface area contributed by atoms with E-state index in [-0.39, 0.29) is 0 Å². The molecule has 0 atom stereocenters. The number of hydrogen-bond acceptors (Lipinski definition) is 3. The van der Waals surface area contributed by atoms with E-state index in [1.807, 2.05) is 36.4 Å². The van der Waals surface area contributed by atoms with Crippen LogP contribution in [0.25, 0.3) is 11.1 Å². The van der Waals surface area contributed by atoms with Crippen LogP contribution in [0.4, 0.5) is 0 Å². The maximum Gasteiger partial charge on any atom is 0.241 e.